The number of carbonyl (C=O) groups is 1. The molecule has 88 valence electrons. The molecule has 0 spiro atoms. The van der Waals surface area contributed by atoms with Gasteiger partial charge in [-0.1, -0.05) is 0 Å². The molecule has 0 saturated heterocycles. The van der Waals surface area contributed by atoms with Crippen LogP contribution < -0.4 is 5.32 Å². The standard InChI is InChI=1S/C9H14N4O3/c1-10-5-6-12(2)9(14)7-3-4-8(11-7)13(15)16/h3-4,10-11H,5-6H2,1-2H3. The van der Waals surface area contributed by atoms with Gasteiger partial charge in [-0.25, -0.2) is 4.98 Å². The predicted octanol–water partition coefficient (Wildman–Crippen LogP) is 0.214. The van der Waals surface area contributed by atoms with Crippen LogP contribution in [0.5, 0.6) is 0 Å². The quantitative estimate of drug-likeness (QED) is 0.554. The maximum absolute atomic E-state index is 11.7. The van der Waals surface area contributed by atoms with Crippen molar-refractivity contribution in [1.82, 2.24) is 15.2 Å². The van der Waals surface area contributed by atoms with E-state index < -0.39 is 4.92 Å². The number of nitrogens with zero attached hydrogens (tertiary/aromatic N) is 2. The number of nitro groups is 1. The Balaban J connectivity index is 2.68. The molecule has 1 aromatic rings. The summed E-state index contributed by atoms with van der Waals surface area (Å²) in [6.45, 7) is 1.22. The van der Waals surface area contributed by atoms with E-state index in [1.54, 1.807) is 14.1 Å². The maximum Gasteiger partial charge on any atom is 0.321 e. The molecule has 1 aromatic heterocycles. The van der Waals surface area contributed by atoms with Crippen molar-refractivity contribution >= 4 is 11.7 Å². The molecular formula is C9H14N4O3. The van der Waals surface area contributed by atoms with Gasteiger partial charge in [-0.15, -0.1) is 0 Å². The molecule has 0 unspecified atom stereocenters. The van der Waals surface area contributed by atoms with E-state index in [-0.39, 0.29) is 17.4 Å². The maximum atomic E-state index is 11.7. The van der Waals surface area contributed by atoms with Crippen LogP contribution in [0.2, 0.25) is 0 Å². The largest absolute Gasteiger partial charge is 0.358 e. The molecule has 7 heteroatoms. The first-order valence-electron chi connectivity index (χ1n) is 4.79. The van der Waals surface area contributed by atoms with Crippen LogP contribution in [0.3, 0.4) is 0 Å². The molecule has 7 nitrogen and oxygen atoms in total. The minimum atomic E-state index is -0.565. The summed E-state index contributed by atoms with van der Waals surface area (Å²) >= 11 is 0. The van der Waals surface area contributed by atoms with Gasteiger partial charge in [0.15, 0.2) is 5.69 Å². The van der Waals surface area contributed by atoms with Crippen LogP contribution in [0.4, 0.5) is 5.82 Å². The number of H-pyrrole nitrogens is 1. The predicted molar refractivity (Wildman–Crippen MR) is 58.3 cm³/mol. The highest BCUT2D eigenvalue weighted by Crippen LogP contribution is 2.11. The first kappa shape index (κ1) is 12.2. The first-order chi connectivity index (χ1) is 7.56. The second kappa shape index (κ2) is 5.26. The fourth-order valence-corrected chi connectivity index (χ4v) is 1.20. The van der Waals surface area contributed by atoms with Crippen LogP contribution in [0.15, 0.2) is 12.1 Å². The van der Waals surface area contributed by atoms with E-state index in [2.05, 4.69) is 10.3 Å². The zero-order chi connectivity index (χ0) is 12.1. The minimum Gasteiger partial charge on any atom is -0.358 e. The summed E-state index contributed by atoms with van der Waals surface area (Å²) in [6, 6.07) is 2.69. The molecule has 1 rings (SSSR count). The molecule has 0 bridgehead atoms. The number of likely N-dealkylation sites (N-methyl/N-ethyl adjacent to an activating group) is 2. The molecule has 1 amide bonds. The second-order valence-electron chi connectivity index (χ2n) is 3.34. The number of aromatic amines is 1. The molecule has 1 heterocycles. The summed E-state index contributed by atoms with van der Waals surface area (Å²) in [5.74, 6) is -0.436. The van der Waals surface area contributed by atoms with Crippen molar-refractivity contribution in [3.63, 3.8) is 0 Å². The summed E-state index contributed by atoms with van der Waals surface area (Å²) < 4.78 is 0. The fraction of sp³-hybridized carbons (Fsp3) is 0.444. The lowest BCUT2D eigenvalue weighted by Crippen LogP contribution is -2.32. The van der Waals surface area contributed by atoms with Crippen molar-refractivity contribution in [2.24, 2.45) is 0 Å². The topological polar surface area (TPSA) is 91.3 Å². The molecule has 0 aliphatic heterocycles. The van der Waals surface area contributed by atoms with Crippen molar-refractivity contribution < 1.29 is 9.72 Å². The van der Waals surface area contributed by atoms with Gasteiger partial charge < -0.3 is 20.3 Å². The Bertz CT molecular complexity index is 388. The third kappa shape index (κ3) is 2.80. The summed E-state index contributed by atoms with van der Waals surface area (Å²) in [6.07, 6.45) is 0. The van der Waals surface area contributed by atoms with Crippen LogP contribution in [0, 0.1) is 10.1 Å². The van der Waals surface area contributed by atoms with Crippen LogP contribution >= 0.6 is 0 Å². The molecule has 16 heavy (non-hydrogen) atoms. The third-order valence-electron chi connectivity index (χ3n) is 2.14. The van der Waals surface area contributed by atoms with Crippen molar-refractivity contribution in [2.75, 3.05) is 27.2 Å². The van der Waals surface area contributed by atoms with Gasteiger partial charge >= 0.3 is 5.82 Å². The average Bonchev–Trinajstić information content (AvgIpc) is 2.74. The molecule has 0 aliphatic carbocycles. The molecular weight excluding hydrogens is 212 g/mol. The lowest BCUT2D eigenvalue weighted by atomic mass is 10.4. The minimum absolute atomic E-state index is 0.176. The first-order valence-corrected chi connectivity index (χ1v) is 4.79. The lowest BCUT2D eigenvalue weighted by Gasteiger charge is -2.14. The normalized spacial score (nSPS) is 10.1. The molecule has 0 fully saturated rings. The van der Waals surface area contributed by atoms with Crippen LogP contribution in [-0.4, -0.2) is 47.9 Å². The van der Waals surface area contributed by atoms with E-state index in [9.17, 15) is 14.9 Å². The molecule has 0 atom stereocenters. The highest BCUT2D eigenvalue weighted by Gasteiger charge is 2.18. The third-order valence-corrected chi connectivity index (χ3v) is 2.14. The number of aromatic nitrogens is 1. The fourth-order valence-electron chi connectivity index (χ4n) is 1.20. The van der Waals surface area contributed by atoms with Crippen LogP contribution in [0.25, 0.3) is 0 Å². The Morgan fingerprint density at radius 3 is 2.81 bits per heavy atom. The van der Waals surface area contributed by atoms with Gasteiger partial charge in [-0.3, -0.25) is 4.79 Å². The molecule has 2 N–H and O–H groups in total. The van der Waals surface area contributed by atoms with E-state index >= 15 is 0 Å². The van der Waals surface area contributed by atoms with Gasteiger partial charge in [-0.2, -0.15) is 0 Å². The summed E-state index contributed by atoms with van der Waals surface area (Å²) in [5, 5.41) is 13.3. The van der Waals surface area contributed by atoms with Gasteiger partial charge in [0.05, 0.1) is 0 Å². The SMILES string of the molecule is CNCCN(C)C(=O)c1ccc([N+](=O)[O-])[nH]1. The van der Waals surface area contributed by atoms with Gasteiger partial charge in [0.25, 0.3) is 5.91 Å². The Labute approximate surface area is 92.6 Å². The van der Waals surface area contributed by atoms with Crippen LogP contribution in [0.1, 0.15) is 10.5 Å². The Morgan fingerprint density at radius 1 is 1.62 bits per heavy atom. The number of hydrogen-bond acceptors (Lipinski definition) is 4. The summed E-state index contributed by atoms with van der Waals surface area (Å²) in [7, 11) is 3.43. The van der Waals surface area contributed by atoms with Crippen LogP contribution in [-0.2, 0) is 0 Å². The van der Waals surface area contributed by atoms with E-state index in [4.69, 9.17) is 0 Å². The number of amides is 1. The highest BCUT2D eigenvalue weighted by molar-refractivity contribution is 5.92. The second-order valence-corrected chi connectivity index (χ2v) is 3.34. The van der Waals surface area contributed by atoms with Gasteiger partial charge in [-0.05, 0) is 18.0 Å². The molecule has 0 aliphatic rings. The summed E-state index contributed by atoms with van der Waals surface area (Å²) in [4.78, 5) is 25.5. The molecule has 0 saturated carbocycles. The van der Waals surface area contributed by atoms with E-state index in [0.29, 0.717) is 13.1 Å². The Hall–Kier alpha value is -1.89. The van der Waals surface area contributed by atoms with Gasteiger partial charge in [0.1, 0.15) is 0 Å². The molecule has 0 aromatic carbocycles. The van der Waals surface area contributed by atoms with Gasteiger partial charge in [0.2, 0.25) is 0 Å². The highest BCUT2D eigenvalue weighted by atomic mass is 16.6. The zero-order valence-corrected chi connectivity index (χ0v) is 9.19. The number of rotatable bonds is 5. The van der Waals surface area contributed by atoms with Gasteiger partial charge in [0, 0.05) is 26.2 Å². The van der Waals surface area contributed by atoms with Crippen molar-refractivity contribution in [3.05, 3.63) is 27.9 Å². The monoisotopic (exact) mass is 226 g/mol. The lowest BCUT2D eigenvalue weighted by molar-refractivity contribution is -0.389. The zero-order valence-electron chi connectivity index (χ0n) is 9.19. The Kier molecular flexibility index (Phi) is 4.01. The van der Waals surface area contributed by atoms with E-state index in [0.717, 1.165) is 0 Å². The average molecular weight is 226 g/mol. The number of hydrogen-bond donors (Lipinski definition) is 2. The van der Waals surface area contributed by atoms with E-state index in [1.165, 1.54) is 17.0 Å². The Morgan fingerprint density at radius 2 is 2.31 bits per heavy atom. The smallest absolute Gasteiger partial charge is 0.321 e. The van der Waals surface area contributed by atoms with Crippen molar-refractivity contribution in [1.29, 1.82) is 0 Å². The van der Waals surface area contributed by atoms with Crippen molar-refractivity contribution in [3.8, 4) is 0 Å². The summed E-state index contributed by atoms with van der Waals surface area (Å²) in [5.41, 5.74) is 0.227. The number of carbonyl (C=O) groups excluding carboxylic acids is 1. The molecule has 0 radical (unpaired) electrons. The van der Waals surface area contributed by atoms with E-state index in [1.807, 2.05) is 0 Å². The number of nitrogens with one attached hydrogen (secondary N) is 2. The van der Waals surface area contributed by atoms with Crippen molar-refractivity contribution in [2.45, 2.75) is 0 Å².